The van der Waals surface area contributed by atoms with Crippen LogP contribution in [0.2, 0.25) is 0 Å². The molecule has 1 aromatic rings. The number of nitrogens with zero attached hydrogens (tertiary/aromatic N) is 1. The van der Waals surface area contributed by atoms with Gasteiger partial charge in [0.2, 0.25) is 0 Å². The van der Waals surface area contributed by atoms with E-state index in [-0.39, 0.29) is 5.91 Å². The van der Waals surface area contributed by atoms with E-state index in [1.807, 2.05) is 0 Å². The van der Waals surface area contributed by atoms with Gasteiger partial charge in [-0.3, -0.25) is 9.78 Å². The molecule has 1 heterocycles. The van der Waals surface area contributed by atoms with Crippen LogP contribution in [0.1, 0.15) is 17.3 Å². The molecule has 0 aliphatic carbocycles. The summed E-state index contributed by atoms with van der Waals surface area (Å²) < 4.78 is 5.19. The largest absolute Gasteiger partial charge is 0.467 e. The van der Waals surface area contributed by atoms with E-state index < -0.39 is 12.0 Å². The Balaban J connectivity index is 2.69. The number of esters is 1. The molecule has 1 aromatic heterocycles. The molecule has 0 aromatic carbocycles. The van der Waals surface area contributed by atoms with Gasteiger partial charge < -0.3 is 10.1 Å². The van der Waals surface area contributed by atoms with Gasteiger partial charge in [-0.15, -0.1) is 0 Å². The molecule has 1 atom stereocenters. The lowest BCUT2D eigenvalue weighted by atomic mass is 10.2. The van der Waals surface area contributed by atoms with Crippen molar-refractivity contribution in [3.05, 3.63) is 28.5 Å². The number of halogens is 1. The maximum atomic E-state index is 11.6. The lowest BCUT2D eigenvalue weighted by molar-refractivity contribution is -0.142. The van der Waals surface area contributed by atoms with Gasteiger partial charge in [0.05, 0.1) is 12.7 Å². The van der Waals surface area contributed by atoms with E-state index in [0.29, 0.717) is 10.0 Å². The number of nitrogens with one attached hydrogen (secondary N) is 1. The molecule has 86 valence electrons. The molecule has 0 radical (unpaired) electrons. The van der Waals surface area contributed by atoms with Crippen LogP contribution < -0.4 is 5.32 Å². The molecule has 0 bridgehead atoms. The molecule has 0 aliphatic rings. The standard InChI is InChI=1S/C10H11BrN2O3/c1-6(10(15)16-2)13-9(14)7-3-8(11)5-12-4-7/h3-6H,1-2H3,(H,13,14)/t6-/m0/s1. The van der Waals surface area contributed by atoms with E-state index >= 15 is 0 Å². The third-order valence-electron chi connectivity index (χ3n) is 1.87. The normalized spacial score (nSPS) is 11.7. The highest BCUT2D eigenvalue weighted by Crippen LogP contribution is 2.09. The number of hydrogen-bond donors (Lipinski definition) is 1. The summed E-state index contributed by atoms with van der Waals surface area (Å²) in [7, 11) is 1.27. The fourth-order valence-electron chi connectivity index (χ4n) is 1.05. The summed E-state index contributed by atoms with van der Waals surface area (Å²) in [5, 5.41) is 2.50. The second kappa shape index (κ2) is 5.60. The van der Waals surface area contributed by atoms with Crippen LogP contribution in [0.3, 0.4) is 0 Å². The minimum atomic E-state index is -0.684. The number of methoxy groups -OCH3 is 1. The molecule has 0 saturated carbocycles. The van der Waals surface area contributed by atoms with Crippen LogP contribution in [-0.4, -0.2) is 30.0 Å². The predicted molar refractivity (Wildman–Crippen MR) is 60.9 cm³/mol. The van der Waals surface area contributed by atoms with Crippen molar-refractivity contribution in [3.8, 4) is 0 Å². The van der Waals surface area contributed by atoms with Crippen LogP contribution in [0.25, 0.3) is 0 Å². The summed E-state index contributed by atoms with van der Waals surface area (Å²) >= 11 is 3.21. The Labute approximate surface area is 101 Å². The third kappa shape index (κ3) is 3.30. The Hall–Kier alpha value is -1.43. The zero-order chi connectivity index (χ0) is 12.1. The average Bonchev–Trinajstić information content (AvgIpc) is 2.27. The maximum Gasteiger partial charge on any atom is 0.328 e. The number of ether oxygens (including phenoxy) is 1. The molecule has 1 amide bonds. The number of amides is 1. The van der Waals surface area contributed by atoms with E-state index in [9.17, 15) is 9.59 Å². The highest BCUT2D eigenvalue weighted by atomic mass is 79.9. The van der Waals surface area contributed by atoms with Crippen molar-refractivity contribution in [1.82, 2.24) is 10.3 Å². The first-order valence-electron chi connectivity index (χ1n) is 4.54. The van der Waals surface area contributed by atoms with Crippen LogP contribution in [0.15, 0.2) is 22.9 Å². The Bertz CT molecular complexity index is 409. The van der Waals surface area contributed by atoms with Gasteiger partial charge in [-0.25, -0.2) is 4.79 Å². The molecule has 0 spiro atoms. The number of aromatic nitrogens is 1. The molecule has 0 unspecified atom stereocenters. The van der Waals surface area contributed by atoms with Gasteiger partial charge in [-0.05, 0) is 28.9 Å². The topological polar surface area (TPSA) is 68.3 Å². The summed E-state index contributed by atoms with van der Waals surface area (Å²) in [6, 6.07) is 0.934. The molecular formula is C10H11BrN2O3. The Morgan fingerprint density at radius 1 is 1.50 bits per heavy atom. The number of carbonyl (C=O) groups is 2. The van der Waals surface area contributed by atoms with Gasteiger partial charge in [0.15, 0.2) is 0 Å². The molecule has 0 fully saturated rings. The second-order valence-electron chi connectivity index (χ2n) is 3.11. The van der Waals surface area contributed by atoms with E-state index in [0.717, 1.165) is 0 Å². The van der Waals surface area contributed by atoms with Crippen molar-refractivity contribution >= 4 is 27.8 Å². The minimum absolute atomic E-state index is 0.369. The molecule has 0 aliphatic heterocycles. The number of pyridine rings is 1. The van der Waals surface area contributed by atoms with Crippen molar-refractivity contribution in [2.24, 2.45) is 0 Å². The van der Waals surface area contributed by atoms with Gasteiger partial charge in [0, 0.05) is 16.9 Å². The third-order valence-corrected chi connectivity index (χ3v) is 2.30. The summed E-state index contributed by atoms with van der Waals surface area (Å²) in [6.07, 6.45) is 2.99. The predicted octanol–water partition coefficient (Wildman–Crippen LogP) is 1.14. The maximum absolute atomic E-state index is 11.6. The van der Waals surface area contributed by atoms with Crippen LogP contribution >= 0.6 is 15.9 Å². The fourth-order valence-corrected chi connectivity index (χ4v) is 1.42. The van der Waals surface area contributed by atoms with Gasteiger partial charge in [0.25, 0.3) is 5.91 Å². The smallest absolute Gasteiger partial charge is 0.328 e. The van der Waals surface area contributed by atoms with E-state index in [4.69, 9.17) is 0 Å². The van der Waals surface area contributed by atoms with Crippen LogP contribution in [0.5, 0.6) is 0 Å². The van der Waals surface area contributed by atoms with Crippen LogP contribution in [0.4, 0.5) is 0 Å². The van der Waals surface area contributed by atoms with Gasteiger partial charge in [-0.2, -0.15) is 0 Å². The van der Waals surface area contributed by atoms with Crippen molar-refractivity contribution in [2.45, 2.75) is 13.0 Å². The van der Waals surface area contributed by atoms with Crippen molar-refractivity contribution < 1.29 is 14.3 Å². The van der Waals surface area contributed by atoms with E-state index in [1.165, 1.54) is 13.3 Å². The quantitative estimate of drug-likeness (QED) is 0.846. The number of rotatable bonds is 3. The zero-order valence-corrected chi connectivity index (χ0v) is 10.4. The van der Waals surface area contributed by atoms with Crippen molar-refractivity contribution in [2.75, 3.05) is 7.11 Å². The number of hydrogen-bond acceptors (Lipinski definition) is 4. The molecule has 1 rings (SSSR count). The summed E-state index contributed by atoms with van der Waals surface area (Å²) in [6.45, 7) is 1.55. The SMILES string of the molecule is COC(=O)[C@H](C)NC(=O)c1cncc(Br)c1. The lowest BCUT2D eigenvalue weighted by Gasteiger charge is -2.11. The monoisotopic (exact) mass is 286 g/mol. The summed E-state index contributed by atoms with van der Waals surface area (Å²) in [5.74, 6) is -0.858. The van der Waals surface area contributed by atoms with Gasteiger partial charge in [-0.1, -0.05) is 0 Å². The van der Waals surface area contributed by atoms with Gasteiger partial charge in [0.1, 0.15) is 6.04 Å². The number of carbonyl (C=O) groups excluding carboxylic acids is 2. The van der Waals surface area contributed by atoms with E-state index in [1.54, 1.807) is 19.2 Å². The highest BCUT2D eigenvalue weighted by molar-refractivity contribution is 9.10. The fraction of sp³-hybridized carbons (Fsp3) is 0.300. The highest BCUT2D eigenvalue weighted by Gasteiger charge is 2.16. The van der Waals surface area contributed by atoms with Crippen molar-refractivity contribution in [1.29, 1.82) is 0 Å². The van der Waals surface area contributed by atoms with Crippen molar-refractivity contribution in [3.63, 3.8) is 0 Å². The average molecular weight is 287 g/mol. The Morgan fingerprint density at radius 2 is 2.19 bits per heavy atom. The van der Waals surface area contributed by atoms with Gasteiger partial charge >= 0.3 is 5.97 Å². The first-order valence-corrected chi connectivity index (χ1v) is 5.33. The molecule has 1 N–H and O–H groups in total. The molecule has 0 saturated heterocycles. The first kappa shape index (κ1) is 12.6. The molecular weight excluding hydrogens is 276 g/mol. The van der Waals surface area contributed by atoms with Crippen LogP contribution in [0, 0.1) is 0 Å². The first-order chi connectivity index (χ1) is 7.54. The Kier molecular flexibility index (Phi) is 4.42. The Morgan fingerprint density at radius 3 is 2.75 bits per heavy atom. The molecule has 5 nitrogen and oxygen atoms in total. The van der Waals surface area contributed by atoms with E-state index in [2.05, 4.69) is 31.0 Å². The second-order valence-corrected chi connectivity index (χ2v) is 4.03. The minimum Gasteiger partial charge on any atom is -0.467 e. The van der Waals surface area contributed by atoms with Crippen LogP contribution in [-0.2, 0) is 9.53 Å². The zero-order valence-electron chi connectivity index (χ0n) is 8.86. The molecule has 6 heteroatoms. The lowest BCUT2D eigenvalue weighted by Crippen LogP contribution is -2.39. The summed E-state index contributed by atoms with van der Waals surface area (Å²) in [5.41, 5.74) is 0.380. The molecule has 16 heavy (non-hydrogen) atoms. The summed E-state index contributed by atoms with van der Waals surface area (Å²) in [4.78, 5) is 26.6.